The fraction of sp³-hybridized carbons (Fsp3) is 0.769. The van der Waals surface area contributed by atoms with E-state index < -0.39 is 0 Å². The van der Waals surface area contributed by atoms with E-state index in [9.17, 15) is 0 Å². The van der Waals surface area contributed by atoms with Crippen molar-refractivity contribution in [3.8, 4) is 0 Å². The van der Waals surface area contributed by atoms with Crippen molar-refractivity contribution in [2.24, 2.45) is 0 Å². The van der Waals surface area contributed by atoms with E-state index in [1.165, 1.54) is 67.9 Å². The molecule has 0 aromatic heterocycles. The number of thiol groups is 2. The summed E-state index contributed by atoms with van der Waals surface area (Å²) in [6.07, 6.45) is 2.24. The quantitative estimate of drug-likeness (QED) is 0.108. The maximum absolute atomic E-state index is 6.08. The molecule has 8 heteroatoms. The van der Waals surface area contributed by atoms with Gasteiger partial charge >= 0.3 is 0 Å². The molecule has 0 fully saturated rings. The molecule has 0 atom stereocenters. The maximum atomic E-state index is 6.08. The minimum absolute atomic E-state index is 0.715. The van der Waals surface area contributed by atoms with Crippen molar-refractivity contribution >= 4 is 72.3 Å². The summed E-state index contributed by atoms with van der Waals surface area (Å²) in [5.41, 5.74) is 8.19. The molecule has 1 rings (SSSR count). The molecule has 0 radical (unpaired) electrons. The lowest BCUT2D eigenvalue weighted by atomic mass is 9.89. The molecule has 0 unspecified atom stereocenters. The average Bonchev–Trinajstić information content (AvgIpc) is 2.84. The highest BCUT2D eigenvalue weighted by molar-refractivity contribution is 8.03. The largest absolute Gasteiger partial charge is 0.377 e. The van der Waals surface area contributed by atoms with Crippen LogP contribution in [0.25, 0.3) is 0 Å². The Balaban J connectivity index is 2.31. The van der Waals surface area contributed by atoms with Gasteiger partial charge in [0, 0.05) is 47.7 Å². The third-order valence-corrected chi connectivity index (χ3v) is 11.5. The lowest BCUT2D eigenvalue weighted by Crippen LogP contribution is -2.09. The standard InChI is InChI=1S/C26H46O2S6/c1-21-22(2)26(20-28-8-6-12-32-16-18-34-14-10-30)24(4)23(3)25(21)19-27-7-5-11-31-15-17-33-13-9-29/h29-30H,5-20H2,1-4H3. The molecule has 0 aliphatic rings. The predicted molar refractivity (Wildman–Crippen MR) is 171 cm³/mol. The zero-order chi connectivity index (χ0) is 25.0. The number of hydrogen-bond donors (Lipinski definition) is 2. The number of benzene rings is 1. The lowest BCUT2D eigenvalue weighted by molar-refractivity contribution is 0.119. The van der Waals surface area contributed by atoms with Crippen molar-refractivity contribution in [2.45, 2.75) is 53.8 Å². The van der Waals surface area contributed by atoms with E-state index >= 15 is 0 Å². The molecule has 0 saturated carbocycles. The monoisotopic (exact) mass is 582 g/mol. The molecule has 1 aromatic rings. The van der Waals surface area contributed by atoms with Crippen LogP contribution in [0.3, 0.4) is 0 Å². The van der Waals surface area contributed by atoms with E-state index in [4.69, 9.17) is 9.47 Å². The molecular weight excluding hydrogens is 537 g/mol. The van der Waals surface area contributed by atoms with Crippen molar-refractivity contribution in [3.05, 3.63) is 33.4 Å². The molecule has 34 heavy (non-hydrogen) atoms. The molecular formula is C26H46O2S6. The van der Waals surface area contributed by atoms with E-state index in [1.807, 2.05) is 47.0 Å². The van der Waals surface area contributed by atoms with E-state index in [1.54, 1.807) is 0 Å². The minimum atomic E-state index is 0.715. The third kappa shape index (κ3) is 14.3. The fourth-order valence-electron chi connectivity index (χ4n) is 3.55. The van der Waals surface area contributed by atoms with Gasteiger partial charge in [-0.05, 0) is 96.9 Å². The molecule has 2 nitrogen and oxygen atoms in total. The summed E-state index contributed by atoms with van der Waals surface area (Å²) < 4.78 is 12.2. The van der Waals surface area contributed by atoms with Gasteiger partial charge in [0.15, 0.2) is 0 Å². The average molecular weight is 583 g/mol. The number of thioether (sulfide) groups is 4. The Morgan fingerprint density at radius 3 is 1.15 bits per heavy atom. The van der Waals surface area contributed by atoms with Crippen molar-refractivity contribution in [1.29, 1.82) is 0 Å². The Bertz CT molecular complexity index is 573. The van der Waals surface area contributed by atoms with Crippen molar-refractivity contribution < 1.29 is 9.47 Å². The van der Waals surface area contributed by atoms with Crippen LogP contribution in [0.15, 0.2) is 0 Å². The maximum Gasteiger partial charge on any atom is 0.0722 e. The summed E-state index contributed by atoms with van der Waals surface area (Å²) in [6.45, 7) is 12.1. The topological polar surface area (TPSA) is 18.5 Å². The zero-order valence-corrected chi connectivity index (χ0v) is 26.7. The summed E-state index contributed by atoms with van der Waals surface area (Å²) in [6, 6.07) is 0. The fourth-order valence-corrected chi connectivity index (χ4v) is 7.93. The highest BCUT2D eigenvalue weighted by Crippen LogP contribution is 2.28. The van der Waals surface area contributed by atoms with Gasteiger partial charge in [-0.1, -0.05) is 0 Å². The van der Waals surface area contributed by atoms with Gasteiger partial charge in [-0.2, -0.15) is 72.3 Å². The van der Waals surface area contributed by atoms with Crippen LogP contribution in [-0.4, -0.2) is 70.7 Å². The van der Waals surface area contributed by atoms with Gasteiger partial charge in [0.05, 0.1) is 13.2 Å². The molecule has 0 bridgehead atoms. The van der Waals surface area contributed by atoms with Gasteiger partial charge in [-0.25, -0.2) is 0 Å². The van der Waals surface area contributed by atoms with Crippen molar-refractivity contribution in [1.82, 2.24) is 0 Å². The first kappa shape index (κ1) is 33.3. The molecule has 0 aliphatic heterocycles. The van der Waals surface area contributed by atoms with Crippen LogP contribution in [0.5, 0.6) is 0 Å². The summed E-state index contributed by atoms with van der Waals surface area (Å²) in [7, 11) is 0. The van der Waals surface area contributed by atoms with Crippen LogP contribution >= 0.6 is 72.3 Å². The molecule has 0 N–H and O–H groups in total. The van der Waals surface area contributed by atoms with Gasteiger partial charge in [0.25, 0.3) is 0 Å². The summed E-state index contributed by atoms with van der Waals surface area (Å²) in [5.74, 6) is 11.6. The highest BCUT2D eigenvalue weighted by atomic mass is 32.2. The summed E-state index contributed by atoms with van der Waals surface area (Å²) in [5, 5.41) is 0. The summed E-state index contributed by atoms with van der Waals surface area (Å²) in [4.78, 5) is 0. The molecule has 198 valence electrons. The van der Waals surface area contributed by atoms with Crippen LogP contribution in [0.4, 0.5) is 0 Å². The van der Waals surface area contributed by atoms with E-state index in [0.717, 1.165) is 49.1 Å². The molecule has 0 heterocycles. The molecule has 1 aromatic carbocycles. The molecule has 0 amide bonds. The number of ether oxygens (including phenoxy) is 2. The van der Waals surface area contributed by atoms with E-state index in [2.05, 4.69) is 53.0 Å². The first-order valence-corrected chi connectivity index (χ1v) is 18.2. The molecule has 0 spiro atoms. The van der Waals surface area contributed by atoms with Crippen LogP contribution < -0.4 is 0 Å². The van der Waals surface area contributed by atoms with Crippen LogP contribution in [0.1, 0.15) is 46.2 Å². The van der Waals surface area contributed by atoms with Crippen molar-refractivity contribution in [2.75, 3.05) is 70.7 Å². The first-order valence-electron chi connectivity index (χ1n) is 12.3. The van der Waals surface area contributed by atoms with Crippen LogP contribution in [0, 0.1) is 27.7 Å². The second kappa shape index (κ2) is 22.2. The normalized spacial score (nSPS) is 11.5. The Morgan fingerprint density at radius 1 is 0.500 bits per heavy atom. The van der Waals surface area contributed by atoms with Gasteiger partial charge in [0.1, 0.15) is 0 Å². The van der Waals surface area contributed by atoms with Crippen LogP contribution in [0.2, 0.25) is 0 Å². The summed E-state index contributed by atoms with van der Waals surface area (Å²) >= 11 is 16.6. The van der Waals surface area contributed by atoms with Crippen molar-refractivity contribution in [3.63, 3.8) is 0 Å². The van der Waals surface area contributed by atoms with Gasteiger partial charge in [-0.3, -0.25) is 0 Å². The number of hydrogen-bond acceptors (Lipinski definition) is 8. The molecule has 0 saturated heterocycles. The SMILES string of the molecule is Cc1c(C)c(COCCCSCCSCCS)c(C)c(C)c1COCCCSCCSCCS. The highest BCUT2D eigenvalue weighted by Gasteiger charge is 2.15. The Morgan fingerprint density at radius 2 is 0.824 bits per heavy atom. The minimum Gasteiger partial charge on any atom is -0.377 e. The number of rotatable bonds is 22. The second-order valence-electron chi connectivity index (χ2n) is 8.17. The predicted octanol–water partition coefficient (Wildman–Crippen LogP) is 7.53. The zero-order valence-electron chi connectivity index (χ0n) is 21.7. The second-order valence-corrected chi connectivity index (χ2v) is 14.0. The van der Waals surface area contributed by atoms with Gasteiger partial charge in [-0.15, -0.1) is 0 Å². The Labute approximate surface area is 238 Å². The Hall–Kier alpha value is 1.24. The first-order chi connectivity index (χ1) is 16.5. The van der Waals surface area contributed by atoms with Gasteiger partial charge < -0.3 is 9.47 Å². The smallest absolute Gasteiger partial charge is 0.0722 e. The van der Waals surface area contributed by atoms with Gasteiger partial charge in [0.2, 0.25) is 0 Å². The van der Waals surface area contributed by atoms with E-state index in [0.29, 0.717) is 13.2 Å². The lowest BCUT2D eigenvalue weighted by Gasteiger charge is -2.21. The Kier molecular flexibility index (Phi) is 21.8. The van der Waals surface area contributed by atoms with E-state index in [-0.39, 0.29) is 0 Å². The third-order valence-electron chi connectivity index (χ3n) is 5.80. The van der Waals surface area contributed by atoms with Crippen LogP contribution in [-0.2, 0) is 22.7 Å². The molecule has 0 aliphatic carbocycles.